The summed E-state index contributed by atoms with van der Waals surface area (Å²) in [5, 5.41) is 3.35. The first-order valence-electron chi connectivity index (χ1n) is 5.55. The van der Waals surface area contributed by atoms with Gasteiger partial charge in [0.25, 0.3) is 0 Å². The van der Waals surface area contributed by atoms with Crippen LogP contribution >= 0.6 is 11.6 Å². The van der Waals surface area contributed by atoms with E-state index in [4.69, 9.17) is 16.3 Å². The van der Waals surface area contributed by atoms with Gasteiger partial charge >= 0.3 is 0 Å². The zero-order valence-corrected chi connectivity index (χ0v) is 10.4. The zero-order chi connectivity index (χ0) is 10.8. The van der Waals surface area contributed by atoms with E-state index in [1.807, 2.05) is 0 Å². The van der Waals surface area contributed by atoms with Gasteiger partial charge in [0.05, 0.1) is 12.7 Å². The monoisotopic (exact) mass is 221 g/mol. The molecule has 0 rings (SSSR count). The Morgan fingerprint density at radius 1 is 1.21 bits per heavy atom. The topological polar surface area (TPSA) is 21.3 Å². The summed E-state index contributed by atoms with van der Waals surface area (Å²) in [5.41, 5.74) is 0. The van der Waals surface area contributed by atoms with E-state index in [1.165, 1.54) is 12.8 Å². The average Bonchev–Trinajstić information content (AvgIpc) is 2.15. The maximum Gasteiger partial charge on any atom is 0.0594 e. The van der Waals surface area contributed by atoms with Crippen LogP contribution in [0.25, 0.3) is 0 Å². The van der Waals surface area contributed by atoms with Crippen LogP contribution in [-0.4, -0.2) is 31.7 Å². The molecule has 1 atom stereocenters. The van der Waals surface area contributed by atoms with E-state index < -0.39 is 0 Å². The highest BCUT2D eigenvalue weighted by atomic mass is 35.5. The average molecular weight is 222 g/mol. The van der Waals surface area contributed by atoms with Crippen molar-refractivity contribution in [2.24, 2.45) is 5.92 Å². The standard InChI is InChI=1S/C11H24ClNO/c1-10(2)14-8-7-13-6-4-5-11(3)9-12/h10-11,13H,4-9H2,1-3H3. The van der Waals surface area contributed by atoms with Crippen LogP contribution < -0.4 is 5.32 Å². The Bertz CT molecular complexity index is 120. The van der Waals surface area contributed by atoms with Crippen molar-refractivity contribution in [3.63, 3.8) is 0 Å². The van der Waals surface area contributed by atoms with Crippen LogP contribution in [0.15, 0.2) is 0 Å². The molecule has 0 amide bonds. The van der Waals surface area contributed by atoms with Gasteiger partial charge in [0, 0.05) is 12.4 Å². The lowest BCUT2D eigenvalue weighted by atomic mass is 10.1. The third-order valence-electron chi connectivity index (χ3n) is 2.04. The Labute approximate surface area is 93.4 Å². The van der Waals surface area contributed by atoms with E-state index in [0.29, 0.717) is 12.0 Å². The van der Waals surface area contributed by atoms with Crippen molar-refractivity contribution in [3.8, 4) is 0 Å². The molecule has 0 aliphatic heterocycles. The first-order valence-corrected chi connectivity index (χ1v) is 6.08. The van der Waals surface area contributed by atoms with E-state index in [2.05, 4.69) is 26.1 Å². The molecular formula is C11H24ClNO. The van der Waals surface area contributed by atoms with Crippen molar-refractivity contribution in [1.82, 2.24) is 5.32 Å². The molecule has 0 saturated carbocycles. The molecule has 14 heavy (non-hydrogen) atoms. The van der Waals surface area contributed by atoms with E-state index in [1.54, 1.807) is 0 Å². The highest BCUT2D eigenvalue weighted by Gasteiger charge is 1.98. The van der Waals surface area contributed by atoms with Crippen LogP contribution in [0, 0.1) is 5.92 Å². The highest BCUT2D eigenvalue weighted by Crippen LogP contribution is 2.05. The van der Waals surface area contributed by atoms with Gasteiger partial charge < -0.3 is 10.1 Å². The molecule has 0 bridgehead atoms. The fraction of sp³-hybridized carbons (Fsp3) is 1.00. The molecule has 0 radical (unpaired) electrons. The van der Waals surface area contributed by atoms with Gasteiger partial charge in [-0.2, -0.15) is 0 Å². The molecular weight excluding hydrogens is 198 g/mol. The summed E-state index contributed by atoms with van der Waals surface area (Å²) in [7, 11) is 0. The largest absolute Gasteiger partial charge is 0.377 e. The van der Waals surface area contributed by atoms with Crippen LogP contribution in [0.4, 0.5) is 0 Å². The fourth-order valence-corrected chi connectivity index (χ4v) is 1.30. The predicted octanol–water partition coefficient (Wildman–Crippen LogP) is 2.66. The summed E-state index contributed by atoms with van der Waals surface area (Å²) in [6.07, 6.45) is 2.75. The van der Waals surface area contributed by atoms with Crippen LogP contribution in [0.1, 0.15) is 33.6 Å². The molecule has 0 aromatic heterocycles. The summed E-state index contributed by atoms with van der Waals surface area (Å²) >= 11 is 5.71. The smallest absolute Gasteiger partial charge is 0.0594 e. The number of rotatable bonds is 9. The summed E-state index contributed by atoms with van der Waals surface area (Å²) < 4.78 is 5.41. The minimum Gasteiger partial charge on any atom is -0.377 e. The summed E-state index contributed by atoms with van der Waals surface area (Å²) in [6, 6.07) is 0. The van der Waals surface area contributed by atoms with Gasteiger partial charge in [-0.3, -0.25) is 0 Å². The minimum atomic E-state index is 0.341. The highest BCUT2D eigenvalue weighted by molar-refractivity contribution is 6.18. The van der Waals surface area contributed by atoms with Crippen molar-refractivity contribution in [2.45, 2.75) is 39.7 Å². The Morgan fingerprint density at radius 3 is 2.50 bits per heavy atom. The molecule has 1 unspecified atom stereocenters. The molecule has 0 aliphatic rings. The Hall–Kier alpha value is 0.210. The molecule has 1 N–H and O–H groups in total. The molecule has 2 nitrogen and oxygen atoms in total. The van der Waals surface area contributed by atoms with Crippen molar-refractivity contribution in [2.75, 3.05) is 25.6 Å². The van der Waals surface area contributed by atoms with E-state index in [9.17, 15) is 0 Å². The van der Waals surface area contributed by atoms with Crippen LogP contribution in [0.5, 0.6) is 0 Å². The van der Waals surface area contributed by atoms with Gasteiger partial charge in [-0.25, -0.2) is 0 Å². The lowest BCUT2D eigenvalue weighted by Crippen LogP contribution is -2.22. The lowest BCUT2D eigenvalue weighted by molar-refractivity contribution is 0.0808. The molecule has 0 aromatic carbocycles. The maximum atomic E-state index is 5.71. The molecule has 0 heterocycles. The number of nitrogens with one attached hydrogen (secondary N) is 1. The molecule has 0 aliphatic carbocycles. The van der Waals surface area contributed by atoms with E-state index >= 15 is 0 Å². The van der Waals surface area contributed by atoms with Gasteiger partial charge in [0.2, 0.25) is 0 Å². The van der Waals surface area contributed by atoms with Crippen molar-refractivity contribution >= 4 is 11.6 Å². The van der Waals surface area contributed by atoms with Crippen molar-refractivity contribution < 1.29 is 4.74 Å². The van der Waals surface area contributed by atoms with Gasteiger partial charge in [-0.05, 0) is 39.2 Å². The molecule has 0 spiro atoms. The second kappa shape index (κ2) is 9.75. The minimum absolute atomic E-state index is 0.341. The number of ether oxygens (including phenoxy) is 1. The Morgan fingerprint density at radius 2 is 1.93 bits per heavy atom. The predicted molar refractivity (Wildman–Crippen MR) is 63.1 cm³/mol. The normalized spacial score (nSPS) is 13.5. The van der Waals surface area contributed by atoms with Gasteiger partial charge in [-0.1, -0.05) is 6.92 Å². The summed E-state index contributed by atoms with van der Waals surface area (Å²) in [6.45, 7) is 9.14. The van der Waals surface area contributed by atoms with Crippen molar-refractivity contribution in [3.05, 3.63) is 0 Å². The van der Waals surface area contributed by atoms with Gasteiger partial charge in [0.15, 0.2) is 0 Å². The second-order valence-corrected chi connectivity index (χ2v) is 4.38. The van der Waals surface area contributed by atoms with E-state index in [-0.39, 0.29) is 0 Å². The molecule has 0 aromatic rings. The quantitative estimate of drug-likeness (QED) is 0.478. The van der Waals surface area contributed by atoms with Gasteiger partial charge in [-0.15, -0.1) is 11.6 Å². The lowest BCUT2D eigenvalue weighted by Gasteiger charge is -2.09. The van der Waals surface area contributed by atoms with E-state index in [0.717, 1.165) is 25.6 Å². The van der Waals surface area contributed by atoms with Crippen LogP contribution in [0.2, 0.25) is 0 Å². The number of hydrogen-bond donors (Lipinski definition) is 1. The molecule has 86 valence electrons. The van der Waals surface area contributed by atoms with Crippen molar-refractivity contribution in [1.29, 1.82) is 0 Å². The number of halogens is 1. The third kappa shape index (κ3) is 10.3. The maximum absolute atomic E-state index is 5.71. The van der Waals surface area contributed by atoms with Gasteiger partial charge in [0.1, 0.15) is 0 Å². The summed E-state index contributed by atoms with van der Waals surface area (Å²) in [4.78, 5) is 0. The molecule has 0 saturated heterocycles. The SMILES string of the molecule is CC(CCl)CCCNCCOC(C)C. The number of alkyl halides is 1. The molecule has 0 fully saturated rings. The third-order valence-corrected chi connectivity index (χ3v) is 2.57. The number of hydrogen-bond acceptors (Lipinski definition) is 2. The Kier molecular flexibility index (Phi) is 9.90. The first-order chi connectivity index (χ1) is 6.66. The zero-order valence-electron chi connectivity index (χ0n) is 9.68. The second-order valence-electron chi connectivity index (χ2n) is 4.07. The molecule has 3 heteroatoms. The first kappa shape index (κ1) is 14.2. The Balaban J connectivity index is 2.99. The summed E-state index contributed by atoms with van der Waals surface area (Å²) in [5.74, 6) is 1.42. The van der Waals surface area contributed by atoms with Crippen LogP contribution in [-0.2, 0) is 4.74 Å². The van der Waals surface area contributed by atoms with Crippen LogP contribution in [0.3, 0.4) is 0 Å². The fourth-order valence-electron chi connectivity index (χ4n) is 1.14.